The maximum Gasteiger partial charge on any atom is 0.222 e. The first-order valence-corrected chi connectivity index (χ1v) is 9.34. The van der Waals surface area contributed by atoms with Crippen molar-refractivity contribution >= 4 is 11.7 Å². The molecule has 4 rings (SSSR count). The molecule has 0 atom stereocenters. The second-order valence-corrected chi connectivity index (χ2v) is 7.62. The molecule has 6 nitrogen and oxygen atoms in total. The first-order chi connectivity index (χ1) is 12.6. The van der Waals surface area contributed by atoms with Crippen LogP contribution in [0.4, 0.5) is 5.82 Å². The van der Waals surface area contributed by atoms with Crippen LogP contribution in [-0.4, -0.2) is 45.4 Å². The summed E-state index contributed by atoms with van der Waals surface area (Å²) in [4.78, 5) is 29.6. The number of piperidine rings is 2. The Balaban J connectivity index is 1.42. The number of rotatable bonds is 3. The van der Waals surface area contributed by atoms with Crippen LogP contribution >= 0.6 is 0 Å². The third-order valence-electron chi connectivity index (χ3n) is 5.78. The predicted molar refractivity (Wildman–Crippen MR) is 99.5 cm³/mol. The van der Waals surface area contributed by atoms with Gasteiger partial charge in [0.15, 0.2) is 0 Å². The summed E-state index contributed by atoms with van der Waals surface area (Å²) in [6, 6.07) is 6.03. The average Bonchev–Trinajstić information content (AvgIpc) is 2.66. The van der Waals surface area contributed by atoms with Crippen molar-refractivity contribution in [1.82, 2.24) is 19.9 Å². The topological polar surface area (TPSA) is 62.2 Å². The summed E-state index contributed by atoms with van der Waals surface area (Å²) in [5.74, 6) is 1.29. The van der Waals surface area contributed by atoms with E-state index in [9.17, 15) is 4.79 Å². The van der Waals surface area contributed by atoms with Crippen molar-refractivity contribution in [2.75, 3.05) is 24.5 Å². The number of likely N-dealkylation sites (tertiary alicyclic amines) is 1. The lowest BCUT2D eigenvalue weighted by Gasteiger charge is -2.47. The van der Waals surface area contributed by atoms with Crippen LogP contribution in [0.3, 0.4) is 0 Å². The molecule has 0 aliphatic carbocycles. The number of hydrogen-bond donors (Lipinski definition) is 0. The Kier molecular flexibility index (Phi) is 4.57. The second-order valence-electron chi connectivity index (χ2n) is 7.62. The first kappa shape index (κ1) is 16.9. The molecule has 6 heteroatoms. The zero-order valence-corrected chi connectivity index (χ0v) is 15.3. The molecule has 2 fully saturated rings. The van der Waals surface area contributed by atoms with Crippen LogP contribution in [0.5, 0.6) is 0 Å². The van der Waals surface area contributed by atoms with Crippen molar-refractivity contribution in [2.45, 2.75) is 39.2 Å². The number of amides is 1. The first-order valence-electron chi connectivity index (χ1n) is 9.34. The van der Waals surface area contributed by atoms with E-state index in [2.05, 4.69) is 25.9 Å². The molecule has 0 saturated carbocycles. The van der Waals surface area contributed by atoms with E-state index in [-0.39, 0.29) is 11.3 Å². The van der Waals surface area contributed by atoms with Crippen molar-refractivity contribution in [1.29, 1.82) is 0 Å². The number of anilines is 1. The zero-order chi connectivity index (χ0) is 18.0. The maximum absolute atomic E-state index is 12.4. The highest BCUT2D eigenvalue weighted by Gasteiger charge is 2.41. The molecular formula is C20H25N5O. The van der Waals surface area contributed by atoms with E-state index in [0.29, 0.717) is 13.0 Å². The van der Waals surface area contributed by atoms with E-state index in [4.69, 9.17) is 0 Å². The fourth-order valence-corrected chi connectivity index (χ4v) is 4.19. The summed E-state index contributed by atoms with van der Waals surface area (Å²) in [7, 11) is 0. The molecule has 0 aromatic carbocycles. The van der Waals surface area contributed by atoms with E-state index in [1.165, 1.54) is 0 Å². The molecule has 2 aliphatic heterocycles. The van der Waals surface area contributed by atoms with Gasteiger partial charge in [0, 0.05) is 56.8 Å². The molecule has 0 radical (unpaired) electrons. The third kappa shape index (κ3) is 3.54. The smallest absolute Gasteiger partial charge is 0.222 e. The summed E-state index contributed by atoms with van der Waals surface area (Å²) >= 11 is 0. The summed E-state index contributed by atoms with van der Waals surface area (Å²) in [6.07, 6.45) is 9.14. The molecule has 0 N–H and O–H groups in total. The standard InChI is InChI=1S/C20H25N5O/c1-16-11-18(23-15-22-16)24-9-6-20(7-10-24)5-4-19(26)25(14-20)13-17-3-2-8-21-12-17/h2-3,8,11-12,15H,4-7,9-10,13-14H2,1H3. The van der Waals surface area contributed by atoms with E-state index in [0.717, 1.165) is 56.0 Å². The minimum atomic E-state index is 0.245. The Morgan fingerprint density at radius 3 is 2.77 bits per heavy atom. The van der Waals surface area contributed by atoms with Crippen molar-refractivity contribution in [3.8, 4) is 0 Å². The van der Waals surface area contributed by atoms with Gasteiger partial charge in [-0.05, 0) is 43.2 Å². The second kappa shape index (κ2) is 7.02. The van der Waals surface area contributed by atoms with Gasteiger partial charge < -0.3 is 9.80 Å². The molecule has 1 amide bonds. The van der Waals surface area contributed by atoms with Gasteiger partial charge in [-0.2, -0.15) is 0 Å². The van der Waals surface area contributed by atoms with Crippen LogP contribution in [-0.2, 0) is 11.3 Å². The minimum Gasteiger partial charge on any atom is -0.356 e. The highest BCUT2D eigenvalue weighted by atomic mass is 16.2. The molecule has 136 valence electrons. The van der Waals surface area contributed by atoms with Crippen molar-refractivity contribution in [3.63, 3.8) is 0 Å². The van der Waals surface area contributed by atoms with Crippen LogP contribution < -0.4 is 4.90 Å². The van der Waals surface area contributed by atoms with Gasteiger partial charge in [-0.15, -0.1) is 0 Å². The Hall–Kier alpha value is -2.50. The zero-order valence-electron chi connectivity index (χ0n) is 15.3. The number of aryl methyl sites for hydroxylation is 1. The molecule has 2 aromatic rings. The lowest BCUT2D eigenvalue weighted by Crippen LogP contribution is -2.51. The summed E-state index contributed by atoms with van der Waals surface area (Å²) in [5, 5.41) is 0. The van der Waals surface area contributed by atoms with E-state index in [1.807, 2.05) is 30.2 Å². The number of hydrogen-bond acceptors (Lipinski definition) is 5. The van der Waals surface area contributed by atoms with Crippen LogP contribution in [0.1, 0.15) is 36.9 Å². The van der Waals surface area contributed by atoms with Crippen molar-refractivity contribution < 1.29 is 4.79 Å². The van der Waals surface area contributed by atoms with Gasteiger partial charge in [0.05, 0.1) is 0 Å². The van der Waals surface area contributed by atoms with Gasteiger partial charge in [0.25, 0.3) is 0 Å². The molecule has 2 aliphatic rings. The number of carbonyl (C=O) groups is 1. The summed E-state index contributed by atoms with van der Waals surface area (Å²) in [6.45, 7) is 5.51. The molecule has 4 heterocycles. The van der Waals surface area contributed by atoms with Gasteiger partial charge in [-0.25, -0.2) is 9.97 Å². The van der Waals surface area contributed by atoms with E-state index in [1.54, 1.807) is 12.5 Å². The number of aromatic nitrogens is 3. The lowest BCUT2D eigenvalue weighted by molar-refractivity contribution is -0.139. The molecule has 2 saturated heterocycles. The normalized spacial score (nSPS) is 19.8. The van der Waals surface area contributed by atoms with Gasteiger partial charge in [0.2, 0.25) is 5.91 Å². The highest BCUT2D eigenvalue weighted by Crippen LogP contribution is 2.41. The largest absolute Gasteiger partial charge is 0.356 e. The molecule has 26 heavy (non-hydrogen) atoms. The highest BCUT2D eigenvalue weighted by molar-refractivity contribution is 5.77. The molecule has 0 unspecified atom stereocenters. The van der Waals surface area contributed by atoms with Crippen molar-refractivity contribution in [2.24, 2.45) is 5.41 Å². The number of pyridine rings is 1. The van der Waals surface area contributed by atoms with Gasteiger partial charge >= 0.3 is 0 Å². The van der Waals surface area contributed by atoms with Crippen molar-refractivity contribution in [3.05, 3.63) is 48.2 Å². The SMILES string of the molecule is Cc1cc(N2CCC3(CCC(=O)N(Cc4cccnc4)C3)CC2)ncn1. The number of carbonyl (C=O) groups excluding carboxylic acids is 1. The quantitative estimate of drug-likeness (QED) is 0.850. The Morgan fingerprint density at radius 1 is 1.19 bits per heavy atom. The fourth-order valence-electron chi connectivity index (χ4n) is 4.19. The van der Waals surface area contributed by atoms with E-state index < -0.39 is 0 Å². The van der Waals surface area contributed by atoms with Crippen LogP contribution in [0.15, 0.2) is 36.9 Å². The lowest BCUT2D eigenvalue weighted by atomic mass is 9.72. The predicted octanol–water partition coefficient (Wildman–Crippen LogP) is 2.59. The third-order valence-corrected chi connectivity index (χ3v) is 5.78. The number of nitrogens with zero attached hydrogens (tertiary/aromatic N) is 5. The average molecular weight is 351 g/mol. The van der Waals surface area contributed by atoms with Gasteiger partial charge in [-0.3, -0.25) is 9.78 Å². The Morgan fingerprint density at radius 2 is 2.04 bits per heavy atom. The van der Waals surface area contributed by atoms with Crippen LogP contribution in [0.25, 0.3) is 0 Å². The Bertz CT molecular complexity index is 771. The monoisotopic (exact) mass is 351 g/mol. The Labute approximate surface area is 154 Å². The molecule has 2 aromatic heterocycles. The summed E-state index contributed by atoms with van der Waals surface area (Å²) in [5.41, 5.74) is 2.35. The summed E-state index contributed by atoms with van der Waals surface area (Å²) < 4.78 is 0. The van der Waals surface area contributed by atoms with Gasteiger partial charge in [0.1, 0.15) is 12.1 Å². The van der Waals surface area contributed by atoms with Crippen LogP contribution in [0, 0.1) is 12.3 Å². The molecular weight excluding hydrogens is 326 g/mol. The van der Waals surface area contributed by atoms with E-state index >= 15 is 0 Å². The fraction of sp³-hybridized carbons (Fsp3) is 0.500. The maximum atomic E-state index is 12.4. The molecule has 0 bridgehead atoms. The minimum absolute atomic E-state index is 0.245. The molecule has 1 spiro atoms. The van der Waals surface area contributed by atoms with Crippen LogP contribution in [0.2, 0.25) is 0 Å². The van der Waals surface area contributed by atoms with Gasteiger partial charge in [-0.1, -0.05) is 6.07 Å².